The maximum absolute atomic E-state index is 13.6. The van der Waals surface area contributed by atoms with Crippen molar-refractivity contribution in [2.45, 2.75) is 92.1 Å². The van der Waals surface area contributed by atoms with Crippen LogP contribution < -0.4 is 5.32 Å². The predicted molar refractivity (Wildman–Crippen MR) is 122 cm³/mol. The molecule has 2 aliphatic carbocycles. The molecular formula is C23H33NO2S2. The molecule has 3 rings (SSSR count). The summed E-state index contributed by atoms with van der Waals surface area (Å²) >= 11 is 3.34. The third kappa shape index (κ3) is 5.56. The standard InChI is InChI=1S/C23H33NO2S2/c1-2-21(25)23(27-19-14-8-4-9-15-19,28-20-16-10-5-11-17-20)22(26)24-18-12-6-3-7-13-18/h3,6-7,12-13,19-20H,2,4-5,8-11,14-17H2,1H3,(H,24,26). The van der Waals surface area contributed by atoms with Gasteiger partial charge in [-0.05, 0) is 37.8 Å². The summed E-state index contributed by atoms with van der Waals surface area (Å²) in [4.78, 5) is 26.9. The highest BCUT2D eigenvalue weighted by molar-refractivity contribution is 8.21. The van der Waals surface area contributed by atoms with Crippen molar-refractivity contribution in [3.05, 3.63) is 30.3 Å². The van der Waals surface area contributed by atoms with E-state index in [1.165, 1.54) is 38.5 Å². The van der Waals surface area contributed by atoms with Crippen molar-refractivity contribution in [1.29, 1.82) is 0 Å². The molecule has 0 saturated heterocycles. The van der Waals surface area contributed by atoms with Crippen molar-refractivity contribution in [2.75, 3.05) is 5.32 Å². The number of anilines is 1. The number of carbonyl (C=O) groups excluding carboxylic acids is 2. The van der Waals surface area contributed by atoms with Crippen LogP contribution >= 0.6 is 23.5 Å². The minimum atomic E-state index is -1.02. The first-order valence-electron chi connectivity index (χ1n) is 10.9. The molecule has 154 valence electrons. The molecule has 1 aromatic carbocycles. The molecule has 0 heterocycles. The van der Waals surface area contributed by atoms with Crippen LogP contribution in [0.4, 0.5) is 5.69 Å². The molecule has 1 aromatic rings. The van der Waals surface area contributed by atoms with E-state index in [0.29, 0.717) is 16.9 Å². The van der Waals surface area contributed by atoms with Crippen LogP contribution in [-0.2, 0) is 9.59 Å². The number of carbonyl (C=O) groups is 2. The summed E-state index contributed by atoms with van der Waals surface area (Å²) in [7, 11) is 0. The number of Topliss-reactive ketones (excluding diaryl/α,β-unsaturated/α-hetero) is 1. The van der Waals surface area contributed by atoms with E-state index >= 15 is 0 Å². The Morgan fingerprint density at radius 2 is 1.39 bits per heavy atom. The van der Waals surface area contributed by atoms with Gasteiger partial charge in [-0.25, -0.2) is 0 Å². The Hall–Kier alpha value is -0.940. The van der Waals surface area contributed by atoms with Gasteiger partial charge >= 0.3 is 0 Å². The molecule has 0 unspecified atom stereocenters. The molecule has 5 heteroatoms. The number of rotatable bonds is 8. The molecule has 0 spiro atoms. The van der Waals surface area contributed by atoms with E-state index in [2.05, 4.69) is 5.32 Å². The lowest BCUT2D eigenvalue weighted by Gasteiger charge is -2.37. The first-order chi connectivity index (χ1) is 13.6. The molecular weight excluding hydrogens is 386 g/mol. The maximum Gasteiger partial charge on any atom is 0.258 e. The Morgan fingerprint density at radius 1 is 0.893 bits per heavy atom. The van der Waals surface area contributed by atoms with Crippen molar-refractivity contribution in [3.63, 3.8) is 0 Å². The summed E-state index contributed by atoms with van der Waals surface area (Å²) in [6.07, 6.45) is 12.3. The van der Waals surface area contributed by atoms with Crippen LogP contribution in [0.25, 0.3) is 0 Å². The van der Waals surface area contributed by atoms with Crippen molar-refractivity contribution in [2.24, 2.45) is 0 Å². The lowest BCUT2D eigenvalue weighted by molar-refractivity contribution is -0.125. The molecule has 0 atom stereocenters. The summed E-state index contributed by atoms with van der Waals surface area (Å²) in [6, 6.07) is 9.57. The van der Waals surface area contributed by atoms with Gasteiger partial charge in [-0.3, -0.25) is 9.59 Å². The van der Waals surface area contributed by atoms with E-state index in [0.717, 1.165) is 31.4 Å². The van der Waals surface area contributed by atoms with Gasteiger partial charge in [-0.1, -0.05) is 63.6 Å². The quantitative estimate of drug-likeness (QED) is 0.389. The van der Waals surface area contributed by atoms with Crippen LogP contribution in [0.3, 0.4) is 0 Å². The zero-order valence-electron chi connectivity index (χ0n) is 17.0. The molecule has 2 saturated carbocycles. The number of ketones is 1. The molecule has 0 aliphatic heterocycles. The van der Waals surface area contributed by atoms with Crippen molar-refractivity contribution >= 4 is 40.9 Å². The van der Waals surface area contributed by atoms with Crippen LogP contribution in [0.2, 0.25) is 0 Å². The summed E-state index contributed by atoms with van der Waals surface area (Å²) in [5.74, 6) is -0.0521. The average Bonchev–Trinajstić information content (AvgIpc) is 2.74. The first kappa shape index (κ1) is 21.8. The highest BCUT2D eigenvalue weighted by Crippen LogP contribution is 2.49. The third-order valence-corrected chi connectivity index (χ3v) is 9.47. The largest absolute Gasteiger partial charge is 0.324 e. The summed E-state index contributed by atoms with van der Waals surface area (Å²) in [5, 5.41) is 3.88. The lowest BCUT2D eigenvalue weighted by atomic mass is 10.0. The van der Waals surface area contributed by atoms with E-state index in [1.807, 2.05) is 37.3 Å². The second-order valence-electron chi connectivity index (χ2n) is 7.97. The van der Waals surface area contributed by atoms with Crippen LogP contribution in [0.1, 0.15) is 77.6 Å². The second-order valence-corrected chi connectivity index (χ2v) is 11.3. The predicted octanol–water partition coefficient (Wildman–Crippen LogP) is 6.43. The monoisotopic (exact) mass is 419 g/mol. The van der Waals surface area contributed by atoms with E-state index < -0.39 is 4.08 Å². The molecule has 2 fully saturated rings. The fraction of sp³-hybridized carbons (Fsp3) is 0.652. The molecule has 1 amide bonds. The zero-order valence-corrected chi connectivity index (χ0v) is 18.6. The summed E-state index contributed by atoms with van der Waals surface area (Å²) in [6.45, 7) is 1.90. The molecule has 28 heavy (non-hydrogen) atoms. The Balaban J connectivity index is 1.87. The molecule has 0 aromatic heterocycles. The van der Waals surface area contributed by atoms with Gasteiger partial charge in [0.1, 0.15) is 0 Å². The highest BCUT2D eigenvalue weighted by Gasteiger charge is 2.49. The zero-order chi connectivity index (χ0) is 19.8. The summed E-state index contributed by atoms with van der Waals surface area (Å²) < 4.78 is -1.02. The van der Waals surface area contributed by atoms with Gasteiger partial charge in [0.15, 0.2) is 9.86 Å². The van der Waals surface area contributed by atoms with Crippen molar-refractivity contribution in [1.82, 2.24) is 0 Å². The van der Waals surface area contributed by atoms with Crippen LogP contribution in [0.5, 0.6) is 0 Å². The third-order valence-electron chi connectivity index (χ3n) is 5.79. The fourth-order valence-corrected chi connectivity index (χ4v) is 8.18. The molecule has 2 aliphatic rings. The van der Waals surface area contributed by atoms with Gasteiger partial charge < -0.3 is 5.32 Å². The van der Waals surface area contributed by atoms with Gasteiger partial charge in [0.2, 0.25) is 0 Å². The maximum atomic E-state index is 13.6. The Bertz CT molecular complexity index is 617. The molecule has 0 bridgehead atoms. The first-order valence-corrected chi connectivity index (χ1v) is 12.7. The number of para-hydroxylation sites is 1. The van der Waals surface area contributed by atoms with Gasteiger partial charge in [0.05, 0.1) is 0 Å². The van der Waals surface area contributed by atoms with Gasteiger partial charge in [0.25, 0.3) is 5.91 Å². The minimum absolute atomic E-state index is 0.0760. The highest BCUT2D eigenvalue weighted by atomic mass is 32.2. The molecule has 0 radical (unpaired) electrons. The van der Waals surface area contributed by atoms with Crippen LogP contribution in [0, 0.1) is 0 Å². The van der Waals surface area contributed by atoms with Gasteiger partial charge in [-0.15, -0.1) is 23.5 Å². The summed E-state index contributed by atoms with van der Waals surface area (Å²) in [5.41, 5.74) is 0.772. The normalized spacial score (nSPS) is 19.3. The second kappa shape index (κ2) is 10.7. The smallest absolute Gasteiger partial charge is 0.258 e. The van der Waals surface area contributed by atoms with E-state index in [1.54, 1.807) is 23.5 Å². The topological polar surface area (TPSA) is 46.2 Å². The van der Waals surface area contributed by atoms with Gasteiger partial charge in [0, 0.05) is 22.6 Å². The van der Waals surface area contributed by atoms with Crippen molar-refractivity contribution in [3.8, 4) is 0 Å². The SMILES string of the molecule is CCC(=O)C(SC1CCCCC1)(SC1CCCCC1)C(=O)Nc1ccccc1. The lowest BCUT2D eigenvalue weighted by Crippen LogP contribution is -2.47. The Morgan fingerprint density at radius 3 is 1.86 bits per heavy atom. The number of hydrogen-bond donors (Lipinski definition) is 1. The number of amides is 1. The Labute approximate surface area is 178 Å². The number of nitrogens with one attached hydrogen (secondary N) is 1. The Kier molecular flexibility index (Phi) is 8.34. The van der Waals surface area contributed by atoms with Crippen molar-refractivity contribution < 1.29 is 9.59 Å². The fourth-order valence-electron chi connectivity index (χ4n) is 4.20. The van der Waals surface area contributed by atoms with Gasteiger partial charge in [-0.2, -0.15) is 0 Å². The van der Waals surface area contributed by atoms with Crippen LogP contribution in [0.15, 0.2) is 30.3 Å². The minimum Gasteiger partial charge on any atom is -0.324 e. The number of thioether (sulfide) groups is 2. The molecule has 1 N–H and O–H groups in total. The average molecular weight is 420 g/mol. The molecule has 3 nitrogen and oxygen atoms in total. The number of hydrogen-bond acceptors (Lipinski definition) is 4. The number of benzene rings is 1. The van der Waals surface area contributed by atoms with E-state index in [9.17, 15) is 9.59 Å². The van der Waals surface area contributed by atoms with Crippen LogP contribution in [-0.4, -0.2) is 26.3 Å². The van der Waals surface area contributed by atoms with E-state index in [-0.39, 0.29) is 11.7 Å². The van der Waals surface area contributed by atoms with E-state index in [4.69, 9.17) is 0 Å².